The summed E-state index contributed by atoms with van der Waals surface area (Å²) < 4.78 is 4.79. The number of H-pyrrole nitrogens is 1. The van der Waals surface area contributed by atoms with Gasteiger partial charge in [-0.3, -0.25) is 9.59 Å². The zero-order chi connectivity index (χ0) is 13.7. The molecular weight excluding hydrogens is 244 g/mol. The summed E-state index contributed by atoms with van der Waals surface area (Å²) in [6.45, 7) is 2.54. The van der Waals surface area contributed by atoms with Crippen LogP contribution in [0.25, 0.3) is 10.9 Å². The molecule has 0 aliphatic rings. The molecule has 0 fully saturated rings. The highest BCUT2D eigenvalue weighted by Gasteiger charge is 2.04. The molecule has 2 aromatic rings. The van der Waals surface area contributed by atoms with Gasteiger partial charge in [0.1, 0.15) is 0 Å². The van der Waals surface area contributed by atoms with Crippen molar-refractivity contribution in [2.24, 2.45) is 0 Å². The van der Waals surface area contributed by atoms with E-state index in [1.807, 2.05) is 30.3 Å². The van der Waals surface area contributed by atoms with Gasteiger partial charge in [0.05, 0.1) is 13.2 Å². The first-order valence-corrected chi connectivity index (χ1v) is 6.18. The molecule has 0 unspecified atom stereocenters. The number of aromatic nitrogens is 1. The number of pyridine rings is 1. The minimum atomic E-state index is -0.320. The lowest BCUT2D eigenvalue weighted by molar-refractivity contribution is -0.142. The number of esters is 1. The summed E-state index contributed by atoms with van der Waals surface area (Å²) in [5.41, 5.74) is 1.26. The van der Waals surface area contributed by atoms with Gasteiger partial charge in [0, 0.05) is 17.6 Å². The summed E-state index contributed by atoms with van der Waals surface area (Å²) >= 11 is 0. The third-order valence-electron chi connectivity index (χ3n) is 2.72. The van der Waals surface area contributed by atoms with Crippen LogP contribution in [0.2, 0.25) is 0 Å². The van der Waals surface area contributed by atoms with E-state index < -0.39 is 0 Å². The van der Waals surface area contributed by atoms with Gasteiger partial charge in [-0.1, -0.05) is 18.2 Å². The average Bonchev–Trinajstić information content (AvgIpc) is 2.39. The smallest absolute Gasteiger partial charge is 0.319 e. The Labute approximate surface area is 110 Å². The summed E-state index contributed by atoms with van der Waals surface area (Å²) in [6, 6.07) is 9.40. The summed E-state index contributed by atoms with van der Waals surface area (Å²) in [7, 11) is 0. The van der Waals surface area contributed by atoms with Crippen molar-refractivity contribution in [3.8, 4) is 0 Å². The molecule has 0 saturated carbocycles. The second-order valence-electron chi connectivity index (χ2n) is 4.12. The predicted octanol–water partition coefficient (Wildman–Crippen LogP) is 1.18. The van der Waals surface area contributed by atoms with Crippen molar-refractivity contribution < 1.29 is 9.53 Å². The minimum absolute atomic E-state index is 0.0973. The van der Waals surface area contributed by atoms with Gasteiger partial charge in [0.2, 0.25) is 0 Å². The molecule has 5 nitrogen and oxygen atoms in total. The number of rotatable bonds is 5. The number of aromatic amines is 1. The zero-order valence-corrected chi connectivity index (χ0v) is 10.7. The molecule has 1 heterocycles. The van der Waals surface area contributed by atoms with Crippen LogP contribution in [-0.4, -0.2) is 24.1 Å². The molecule has 2 N–H and O–H groups in total. The van der Waals surface area contributed by atoms with E-state index in [0.29, 0.717) is 18.7 Å². The van der Waals surface area contributed by atoms with Gasteiger partial charge in [0.25, 0.3) is 5.56 Å². The van der Waals surface area contributed by atoms with E-state index >= 15 is 0 Å². The third kappa shape index (κ3) is 3.42. The lowest BCUT2D eigenvalue weighted by Crippen LogP contribution is -2.27. The fraction of sp³-hybridized carbons (Fsp3) is 0.286. The van der Waals surface area contributed by atoms with Crippen LogP contribution in [0.15, 0.2) is 35.1 Å². The van der Waals surface area contributed by atoms with Crippen LogP contribution in [0.1, 0.15) is 12.5 Å². The minimum Gasteiger partial charge on any atom is -0.465 e. The van der Waals surface area contributed by atoms with Crippen molar-refractivity contribution >= 4 is 16.9 Å². The molecule has 0 bridgehead atoms. The molecule has 0 atom stereocenters. The molecule has 0 aliphatic heterocycles. The van der Waals surface area contributed by atoms with E-state index in [9.17, 15) is 9.59 Å². The third-order valence-corrected chi connectivity index (χ3v) is 2.72. The van der Waals surface area contributed by atoms with Crippen LogP contribution in [0.4, 0.5) is 0 Å². The van der Waals surface area contributed by atoms with E-state index in [2.05, 4.69) is 10.3 Å². The van der Waals surface area contributed by atoms with Gasteiger partial charge < -0.3 is 15.0 Å². The molecule has 19 heavy (non-hydrogen) atoms. The van der Waals surface area contributed by atoms with Gasteiger partial charge in [-0.05, 0) is 24.4 Å². The summed E-state index contributed by atoms with van der Waals surface area (Å²) in [4.78, 5) is 25.8. The van der Waals surface area contributed by atoms with Gasteiger partial charge in [-0.2, -0.15) is 0 Å². The number of fused-ring (bicyclic) bond motifs is 1. The van der Waals surface area contributed by atoms with E-state index in [-0.39, 0.29) is 18.1 Å². The van der Waals surface area contributed by atoms with Crippen molar-refractivity contribution in [3.63, 3.8) is 0 Å². The number of benzene rings is 1. The van der Waals surface area contributed by atoms with Crippen LogP contribution in [0.5, 0.6) is 0 Å². The Balaban J connectivity index is 2.06. The Morgan fingerprint density at radius 3 is 2.95 bits per heavy atom. The Hall–Kier alpha value is -2.14. The van der Waals surface area contributed by atoms with Crippen molar-refractivity contribution in [1.82, 2.24) is 10.3 Å². The number of carbonyl (C=O) groups is 1. The fourth-order valence-electron chi connectivity index (χ4n) is 1.84. The van der Waals surface area contributed by atoms with E-state index in [0.717, 1.165) is 10.9 Å². The number of nitrogens with one attached hydrogen (secondary N) is 2. The van der Waals surface area contributed by atoms with Crippen LogP contribution < -0.4 is 10.9 Å². The predicted molar refractivity (Wildman–Crippen MR) is 72.9 cm³/mol. The number of hydrogen-bond acceptors (Lipinski definition) is 4. The van der Waals surface area contributed by atoms with E-state index in [4.69, 9.17) is 4.74 Å². The lowest BCUT2D eigenvalue weighted by atomic mass is 10.1. The molecule has 0 amide bonds. The van der Waals surface area contributed by atoms with Crippen molar-refractivity contribution in [3.05, 3.63) is 46.2 Å². The SMILES string of the molecule is CCOC(=O)CNCc1cc2ccccc2[nH]c1=O. The number of ether oxygens (including phenoxy) is 1. The van der Waals surface area contributed by atoms with E-state index in [1.165, 1.54) is 0 Å². The molecule has 1 aromatic heterocycles. The maximum atomic E-state index is 11.8. The van der Waals surface area contributed by atoms with Crippen molar-refractivity contribution in [1.29, 1.82) is 0 Å². The lowest BCUT2D eigenvalue weighted by Gasteiger charge is -2.05. The number of para-hydroxylation sites is 1. The maximum Gasteiger partial charge on any atom is 0.319 e. The van der Waals surface area contributed by atoms with E-state index in [1.54, 1.807) is 6.92 Å². The Bertz CT molecular complexity index is 634. The topological polar surface area (TPSA) is 71.2 Å². The molecule has 100 valence electrons. The van der Waals surface area contributed by atoms with Crippen LogP contribution in [0.3, 0.4) is 0 Å². The van der Waals surface area contributed by atoms with Crippen LogP contribution in [-0.2, 0) is 16.1 Å². The molecule has 2 rings (SSSR count). The van der Waals surface area contributed by atoms with Gasteiger partial charge in [-0.25, -0.2) is 0 Å². The zero-order valence-electron chi connectivity index (χ0n) is 10.7. The summed E-state index contributed by atoms with van der Waals surface area (Å²) in [5.74, 6) is -0.320. The standard InChI is InChI=1S/C14H16N2O3/c1-2-19-13(17)9-15-8-11-7-10-5-3-4-6-12(10)16-14(11)18/h3-7,15H,2,8-9H2,1H3,(H,16,18). The molecule has 0 saturated heterocycles. The highest BCUT2D eigenvalue weighted by atomic mass is 16.5. The van der Waals surface area contributed by atoms with Crippen molar-refractivity contribution in [2.45, 2.75) is 13.5 Å². The fourth-order valence-corrected chi connectivity index (χ4v) is 1.84. The molecule has 5 heteroatoms. The quantitative estimate of drug-likeness (QED) is 0.792. The largest absolute Gasteiger partial charge is 0.465 e. The average molecular weight is 260 g/mol. The highest BCUT2D eigenvalue weighted by Crippen LogP contribution is 2.09. The molecule has 0 spiro atoms. The number of carbonyl (C=O) groups excluding carboxylic acids is 1. The van der Waals surface area contributed by atoms with Crippen LogP contribution >= 0.6 is 0 Å². The Kier molecular flexibility index (Phi) is 4.30. The first-order valence-electron chi connectivity index (χ1n) is 6.18. The summed E-state index contributed by atoms with van der Waals surface area (Å²) in [6.07, 6.45) is 0. The molecule has 1 aromatic carbocycles. The van der Waals surface area contributed by atoms with Gasteiger partial charge in [-0.15, -0.1) is 0 Å². The second-order valence-corrected chi connectivity index (χ2v) is 4.12. The Morgan fingerprint density at radius 1 is 1.37 bits per heavy atom. The normalized spacial score (nSPS) is 10.6. The van der Waals surface area contributed by atoms with Crippen molar-refractivity contribution in [2.75, 3.05) is 13.2 Å². The first-order chi connectivity index (χ1) is 9.20. The monoisotopic (exact) mass is 260 g/mol. The Morgan fingerprint density at radius 2 is 2.16 bits per heavy atom. The van der Waals surface area contributed by atoms with Gasteiger partial charge in [0.15, 0.2) is 0 Å². The summed E-state index contributed by atoms with van der Waals surface area (Å²) in [5, 5.41) is 3.86. The number of hydrogen-bond donors (Lipinski definition) is 2. The van der Waals surface area contributed by atoms with Gasteiger partial charge >= 0.3 is 5.97 Å². The molecular formula is C14H16N2O3. The molecule has 0 aliphatic carbocycles. The second kappa shape index (κ2) is 6.15. The first kappa shape index (κ1) is 13.3. The molecule has 0 radical (unpaired) electrons. The van der Waals surface area contributed by atoms with Crippen LogP contribution in [0, 0.1) is 0 Å². The maximum absolute atomic E-state index is 11.8. The highest BCUT2D eigenvalue weighted by molar-refractivity contribution is 5.78.